The quantitative estimate of drug-likeness (QED) is 0.914. The number of rotatable bonds is 4. The molecule has 0 spiro atoms. The maximum absolute atomic E-state index is 5.84. The topological polar surface area (TPSA) is 47.3 Å². The predicted molar refractivity (Wildman–Crippen MR) is 71.8 cm³/mol. The van der Waals surface area contributed by atoms with Gasteiger partial charge in [-0.25, -0.2) is 0 Å². The zero-order valence-corrected chi connectivity index (χ0v) is 11.1. The summed E-state index contributed by atoms with van der Waals surface area (Å²) >= 11 is 0. The monoisotopic (exact) mass is 258 g/mol. The van der Waals surface area contributed by atoms with Gasteiger partial charge in [0.15, 0.2) is 0 Å². The standard InChI is InChI=1S/C15H18N2O2/c1-11-8-13(17-19-11)9-16-10-15-14-5-3-2-4-12(14)6-7-18-15/h2-5,8,15-16H,6-7,9-10H2,1H3. The number of hydrogen-bond donors (Lipinski definition) is 1. The number of hydrogen-bond acceptors (Lipinski definition) is 4. The molecule has 1 aliphatic heterocycles. The third kappa shape index (κ3) is 2.85. The van der Waals surface area contributed by atoms with Crippen molar-refractivity contribution < 1.29 is 9.26 Å². The Labute approximate surface area is 112 Å². The van der Waals surface area contributed by atoms with Gasteiger partial charge in [0.25, 0.3) is 0 Å². The molecule has 2 aromatic rings. The second-order valence-corrected chi connectivity index (χ2v) is 4.87. The Kier molecular flexibility index (Phi) is 3.62. The zero-order chi connectivity index (χ0) is 13.1. The second kappa shape index (κ2) is 5.55. The molecule has 1 unspecified atom stereocenters. The number of nitrogens with one attached hydrogen (secondary N) is 1. The van der Waals surface area contributed by atoms with Crippen LogP contribution < -0.4 is 5.32 Å². The molecule has 100 valence electrons. The number of fused-ring (bicyclic) bond motifs is 1. The molecule has 0 aliphatic carbocycles. The Morgan fingerprint density at radius 3 is 3.11 bits per heavy atom. The molecule has 1 aromatic heterocycles. The van der Waals surface area contributed by atoms with E-state index in [0.717, 1.165) is 31.0 Å². The summed E-state index contributed by atoms with van der Waals surface area (Å²) in [6, 6.07) is 10.4. The highest BCUT2D eigenvalue weighted by Crippen LogP contribution is 2.26. The molecule has 1 N–H and O–H groups in total. The van der Waals surface area contributed by atoms with Crippen molar-refractivity contribution in [1.82, 2.24) is 10.5 Å². The lowest BCUT2D eigenvalue weighted by atomic mass is 9.97. The van der Waals surface area contributed by atoms with Gasteiger partial charge in [-0.3, -0.25) is 0 Å². The van der Waals surface area contributed by atoms with Crippen LogP contribution in [0.3, 0.4) is 0 Å². The Bertz CT molecular complexity index is 551. The average molecular weight is 258 g/mol. The summed E-state index contributed by atoms with van der Waals surface area (Å²) in [6.07, 6.45) is 1.15. The summed E-state index contributed by atoms with van der Waals surface area (Å²) in [5.74, 6) is 0.844. The minimum Gasteiger partial charge on any atom is -0.372 e. The van der Waals surface area contributed by atoms with Crippen LogP contribution in [-0.4, -0.2) is 18.3 Å². The first-order valence-corrected chi connectivity index (χ1v) is 6.65. The summed E-state index contributed by atoms with van der Waals surface area (Å²) < 4.78 is 10.9. The van der Waals surface area contributed by atoms with Crippen molar-refractivity contribution in [2.75, 3.05) is 13.2 Å². The molecule has 0 saturated heterocycles. The van der Waals surface area contributed by atoms with E-state index in [9.17, 15) is 0 Å². The molecule has 0 radical (unpaired) electrons. The van der Waals surface area contributed by atoms with E-state index in [1.165, 1.54) is 11.1 Å². The molecule has 0 amide bonds. The molecule has 3 rings (SSSR count). The van der Waals surface area contributed by atoms with Crippen molar-refractivity contribution in [3.05, 3.63) is 52.9 Å². The molecule has 1 aliphatic rings. The third-order valence-corrected chi connectivity index (χ3v) is 3.41. The van der Waals surface area contributed by atoms with Gasteiger partial charge >= 0.3 is 0 Å². The van der Waals surface area contributed by atoms with Crippen LogP contribution in [0.25, 0.3) is 0 Å². The molecule has 0 bridgehead atoms. The van der Waals surface area contributed by atoms with Gasteiger partial charge in [0.1, 0.15) is 5.76 Å². The highest BCUT2D eigenvalue weighted by molar-refractivity contribution is 5.31. The van der Waals surface area contributed by atoms with Gasteiger partial charge in [-0.15, -0.1) is 0 Å². The first kappa shape index (κ1) is 12.4. The van der Waals surface area contributed by atoms with E-state index in [4.69, 9.17) is 9.26 Å². The molecule has 0 fully saturated rings. The highest BCUT2D eigenvalue weighted by Gasteiger charge is 2.19. The van der Waals surface area contributed by atoms with E-state index in [-0.39, 0.29) is 6.10 Å². The van der Waals surface area contributed by atoms with Crippen LogP contribution >= 0.6 is 0 Å². The molecule has 19 heavy (non-hydrogen) atoms. The van der Waals surface area contributed by atoms with E-state index < -0.39 is 0 Å². The summed E-state index contributed by atoms with van der Waals surface area (Å²) in [6.45, 7) is 4.20. The van der Waals surface area contributed by atoms with E-state index in [1.54, 1.807) is 0 Å². The lowest BCUT2D eigenvalue weighted by Crippen LogP contribution is -2.27. The number of ether oxygens (including phenoxy) is 1. The van der Waals surface area contributed by atoms with Crippen molar-refractivity contribution >= 4 is 0 Å². The van der Waals surface area contributed by atoms with Gasteiger partial charge in [0.05, 0.1) is 18.4 Å². The fraction of sp³-hybridized carbons (Fsp3) is 0.400. The van der Waals surface area contributed by atoms with Gasteiger partial charge in [-0.05, 0) is 24.5 Å². The van der Waals surface area contributed by atoms with E-state index >= 15 is 0 Å². The van der Waals surface area contributed by atoms with Crippen molar-refractivity contribution in [1.29, 1.82) is 0 Å². The van der Waals surface area contributed by atoms with Gasteiger partial charge in [-0.2, -0.15) is 0 Å². The number of benzene rings is 1. The molecule has 4 heteroatoms. The molecular formula is C15H18N2O2. The summed E-state index contributed by atoms with van der Waals surface area (Å²) in [4.78, 5) is 0. The Morgan fingerprint density at radius 2 is 2.26 bits per heavy atom. The molecule has 1 aromatic carbocycles. The number of aromatic nitrogens is 1. The second-order valence-electron chi connectivity index (χ2n) is 4.87. The van der Waals surface area contributed by atoms with Crippen molar-refractivity contribution in [3.63, 3.8) is 0 Å². The van der Waals surface area contributed by atoms with Crippen molar-refractivity contribution in [2.45, 2.75) is 26.0 Å². The minimum absolute atomic E-state index is 0.137. The van der Waals surface area contributed by atoms with Crippen LogP contribution in [0.4, 0.5) is 0 Å². The Balaban J connectivity index is 1.59. The van der Waals surface area contributed by atoms with E-state index in [2.05, 4.69) is 34.7 Å². The van der Waals surface area contributed by atoms with Crippen LogP contribution in [0.5, 0.6) is 0 Å². The maximum atomic E-state index is 5.84. The zero-order valence-electron chi connectivity index (χ0n) is 11.1. The Morgan fingerprint density at radius 1 is 1.37 bits per heavy atom. The highest BCUT2D eigenvalue weighted by atomic mass is 16.5. The smallest absolute Gasteiger partial charge is 0.133 e. The lowest BCUT2D eigenvalue weighted by molar-refractivity contribution is 0.0422. The summed E-state index contributed by atoms with van der Waals surface area (Å²) in [5.41, 5.74) is 3.64. The van der Waals surface area contributed by atoms with Crippen LogP contribution in [-0.2, 0) is 17.7 Å². The molecular weight excluding hydrogens is 240 g/mol. The maximum Gasteiger partial charge on any atom is 0.133 e. The van der Waals surface area contributed by atoms with Crippen LogP contribution in [0, 0.1) is 6.92 Å². The molecule has 4 nitrogen and oxygen atoms in total. The van der Waals surface area contributed by atoms with Gasteiger partial charge in [0.2, 0.25) is 0 Å². The normalized spacial score (nSPS) is 18.3. The largest absolute Gasteiger partial charge is 0.372 e. The fourth-order valence-electron chi connectivity index (χ4n) is 2.48. The number of aryl methyl sites for hydroxylation is 1. The number of nitrogens with zero attached hydrogens (tertiary/aromatic N) is 1. The fourth-order valence-corrected chi connectivity index (χ4v) is 2.48. The van der Waals surface area contributed by atoms with Crippen molar-refractivity contribution in [2.24, 2.45) is 0 Å². The molecule has 1 atom stereocenters. The van der Waals surface area contributed by atoms with Gasteiger partial charge in [0, 0.05) is 19.2 Å². The first-order chi connectivity index (χ1) is 9.33. The SMILES string of the molecule is Cc1cc(CNCC2OCCc3ccccc32)no1. The van der Waals surface area contributed by atoms with Gasteiger partial charge in [-0.1, -0.05) is 29.4 Å². The van der Waals surface area contributed by atoms with E-state index in [1.807, 2.05) is 13.0 Å². The van der Waals surface area contributed by atoms with Gasteiger partial charge < -0.3 is 14.6 Å². The van der Waals surface area contributed by atoms with Crippen LogP contribution in [0.15, 0.2) is 34.9 Å². The van der Waals surface area contributed by atoms with E-state index in [0.29, 0.717) is 6.54 Å². The summed E-state index contributed by atoms with van der Waals surface area (Å²) in [5, 5.41) is 7.34. The average Bonchev–Trinajstić information content (AvgIpc) is 2.85. The molecule has 2 heterocycles. The predicted octanol–water partition coefficient (Wildman–Crippen LogP) is 2.39. The summed E-state index contributed by atoms with van der Waals surface area (Å²) in [7, 11) is 0. The van der Waals surface area contributed by atoms with Crippen LogP contribution in [0.2, 0.25) is 0 Å². The Hall–Kier alpha value is -1.65. The van der Waals surface area contributed by atoms with Crippen molar-refractivity contribution in [3.8, 4) is 0 Å². The van der Waals surface area contributed by atoms with Crippen LogP contribution in [0.1, 0.15) is 28.7 Å². The minimum atomic E-state index is 0.137. The first-order valence-electron chi connectivity index (χ1n) is 6.65. The lowest BCUT2D eigenvalue weighted by Gasteiger charge is -2.26. The third-order valence-electron chi connectivity index (χ3n) is 3.41. The molecule has 0 saturated carbocycles.